The van der Waals surface area contributed by atoms with Gasteiger partial charge in [-0.15, -0.1) is 0 Å². The van der Waals surface area contributed by atoms with E-state index in [9.17, 15) is 10.1 Å². The van der Waals surface area contributed by atoms with Crippen LogP contribution in [0, 0.1) is 10.1 Å². The van der Waals surface area contributed by atoms with Crippen LogP contribution >= 0.6 is 12.2 Å². The van der Waals surface area contributed by atoms with Crippen LogP contribution in [-0.2, 0) is 6.54 Å². The Morgan fingerprint density at radius 2 is 1.92 bits per heavy atom. The highest BCUT2D eigenvalue weighted by Gasteiger charge is 2.26. The lowest BCUT2D eigenvalue weighted by Gasteiger charge is -2.16. The molecule has 2 aromatic rings. The van der Waals surface area contributed by atoms with Crippen molar-refractivity contribution >= 4 is 28.7 Å². The maximum Gasteiger partial charge on any atom is 0.269 e. The number of non-ortho nitro benzene ring substituents is 1. The second-order valence-electron chi connectivity index (χ2n) is 6.25. The fourth-order valence-corrected chi connectivity index (χ4v) is 3.40. The lowest BCUT2D eigenvalue weighted by Crippen LogP contribution is -3.09. The molecule has 6 nitrogen and oxygen atoms in total. The molecule has 0 amide bonds. The lowest BCUT2D eigenvalue weighted by atomic mass is 10.2. The van der Waals surface area contributed by atoms with Gasteiger partial charge >= 0.3 is 0 Å². The van der Waals surface area contributed by atoms with Gasteiger partial charge in [-0.1, -0.05) is 30.3 Å². The summed E-state index contributed by atoms with van der Waals surface area (Å²) in [6.07, 6.45) is 1.07. The first-order valence-electron chi connectivity index (χ1n) is 8.29. The molecule has 3 rings (SSSR count). The summed E-state index contributed by atoms with van der Waals surface area (Å²) in [5.74, 6) is 0. The third-order valence-electron chi connectivity index (χ3n) is 4.35. The first-order valence-corrected chi connectivity index (χ1v) is 8.70. The van der Waals surface area contributed by atoms with Crippen molar-refractivity contribution in [2.75, 3.05) is 18.4 Å². The molecule has 7 heteroatoms. The van der Waals surface area contributed by atoms with Gasteiger partial charge in [-0.2, -0.15) is 0 Å². The largest absolute Gasteiger partial charge is 0.354 e. The number of thiocarbonyl (C=S) groups is 1. The zero-order chi connectivity index (χ0) is 17.6. The Hall–Kier alpha value is -2.51. The minimum absolute atomic E-state index is 0.0698. The van der Waals surface area contributed by atoms with Crippen LogP contribution in [-0.4, -0.2) is 29.2 Å². The zero-order valence-electron chi connectivity index (χ0n) is 13.8. The molecule has 2 atom stereocenters. The number of nitro benzene ring substituents is 1. The summed E-state index contributed by atoms with van der Waals surface area (Å²) in [5, 5.41) is 17.7. The number of benzene rings is 2. The molecule has 1 aliphatic rings. The summed E-state index contributed by atoms with van der Waals surface area (Å²) < 4.78 is 0. The first-order chi connectivity index (χ1) is 12.1. The van der Waals surface area contributed by atoms with E-state index in [1.807, 2.05) is 6.07 Å². The van der Waals surface area contributed by atoms with Crippen LogP contribution in [0.4, 0.5) is 11.4 Å². The molecule has 1 saturated heterocycles. The Labute approximate surface area is 152 Å². The van der Waals surface area contributed by atoms with Gasteiger partial charge in [0.15, 0.2) is 5.11 Å². The average molecular weight is 357 g/mol. The van der Waals surface area contributed by atoms with Crippen LogP contribution in [0.25, 0.3) is 0 Å². The van der Waals surface area contributed by atoms with Crippen molar-refractivity contribution in [2.24, 2.45) is 0 Å². The number of hydrogen-bond acceptors (Lipinski definition) is 3. The van der Waals surface area contributed by atoms with Crippen molar-refractivity contribution < 1.29 is 9.82 Å². The molecule has 0 aliphatic carbocycles. The van der Waals surface area contributed by atoms with Crippen LogP contribution < -0.4 is 15.5 Å². The minimum Gasteiger partial charge on any atom is -0.354 e. The molecule has 130 valence electrons. The maximum absolute atomic E-state index is 10.7. The maximum atomic E-state index is 10.7. The number of likely N-dealkylation sites (tertiary alicyclic amines) is 1. The summed E-state index contributed by atoms with van der Waals surface area (Å²) >= 11 is 5.36. The summed E-state index contributed by atoms with van der Waals surface area (Å²) in [4.78, 5) is 11.8. The highest BCUT2D eigenvalue weighted by molar-refractivity contribution is 7.80. The Morgan fingerprint density at radius 3 is 2.60 bits per heavy atom. The molecule has 25 heavy (non-hydrogen) atoms. The molecule has 3 N–H and O–H groups in total. The van der Waals surface area contributed by atoms with E-state index in [2.05, 4.69) is 34.9 Å². The van der Waals surface area contributed by atoms with E-state index < -0.39 is 4.92 Å². The summed E-state index contributed by atoms with van der Waals surface area (Å²) in [6, 6.07) is 17.1. The summed E-state index contributed by atoms with van der Waals surface area (Å²) in [6.45, 7) is 3.17. The van der Waals surface area contributed by atoms with Gasteiger partial charge in [0.05, 0.1) is 24.1 Å². The van der Waals surface area contributed by atoms with Crippen molar-refractivity contribution in [3.63, 3.8) is 0 Å². The van der Waals surface area contributed by atoms with Crippen LogP contribution in [0.3, 0.4) is 0 Å². The molecule has 1 aliphatic heterocycles. The van der Waals surface area contributed by atoms with Crippen LogP contribution in [0.1, 0.15) is 12.0 Å². The van der Waals surface area contributed by atoms with E-state index in [4.69, 9.17) is 12.2 Å². The molecule has 1 fully saturated rings. The molecule has 0 radical (unpaired) electrons. The molecule has 1 unspecified atom stereocenters. The molecule has 0 bridgehead atoms. The zero-order valence-corrected chi connectivity index (χ0v) is 14.6. The second kappa shape index (κ2) is 8.04. The second-order valence-corrected chi connectivity index (χ2v) is 6.66. The Bertz CT molecular complexity index is 737. The van der Waals surface area contributed by atoms with Gasteiger partial charge in [0, 0.05) is 29.8 Å². The van der Waals surface area contributed by atoms with Crippen LogP contribution in [0.5, 0.6) is 0 Å². The smallest absolute Gasteiger partial charge is 0.269 e. The van der Waals surface area contributed by atoms with Gasteiger partial charge < -0.3 is 15.5 Å². The standard InChI is InChI=1S/C18H20N4O2S/c23-22(24)17-8-6-15(7-9-17)19-18(25)20-16-10-11-21(13-16)12-14-4-2-1-3-5-14/h1-9,16H,10-13H2,(H2,19,20,25)/p+1/t16-/m1/s1. The Balaban J connectivity index is 1.46. The van der Waals surface area contributed by atoms with E-state index in [-0.39, 0.29) is 5.69 Å². The van der Waals surface area contributed by atoms with Gasteiger partial charge in [-0.3, -0.25) is 10.1 Å². The van der Waals surface area contributed by atoms with Gasteiger partial charge in [0.1, 0.15) is 6.54 Å². The third-order valence-corrected chi connectivity index (χ3v) is 4.57. The Morgan fingerprint density at radius 1 is 1.20 bits per heavy atom. The Kier molecular flexibility index (Phi) is 5.57. The van der Waals surface area contributed by atoms with E-state index in [1.165, 1.54) is 17.7 Å². The number of nitrogens with one attached hydrogen (secondary N) is 3. The van der Waals surface area contributed by atoms with Crippen LogP contribution in [0.2, 0.25) is 0 Å². The van der Waals surface area contributed by atoms with Crippen LogP contribution in [0.15, 0.2) is 54.6 Å². The molecule has 1 heterocycles. The van der Waals surface area contributed by atoms with Crippen molar-refractivity contribution in [2.45, 2.75) is 19.0 Å². The highest BCUT2D eigenvalue weighted by atomic mass is 32.1. The summed E-state index contributed by atoms with van der Waals surface area (Å²) in [7, 11) is 0. The van der Waals surface area contributed by atoms with Gasteiger partial charge in [-0.05, 0) is 24.4 Å². The normalized spacial score (nSPS) is 19.4. The minimum atomic E-state index is -0.414. The van der Waals surface area contributed by atoms with E-state index in [0.717, 1.165) is 31.7 Å². The van der Waals surface area contributed by atoms with E-state index >= 15 is 0 Å². The number of anilines is 1. The molecule has 2 aromatic carbocycles. The number of quaternary nitrogens is 1. The topological polar surface area (TPSA) is 71.6 Å². The number of hydrogen-bond donors (Lipinski definition) is 3. The van der Waals surface area contributed by atoms with Crippen molar-refractivity contribution in [1.29, 1.82) is 0 Å². The van der Waals surface area contributed by atoms with E-state index in [0.29, 0.717) is 11.2 Å². The number of nitrogens with zero attached hydrogens (tertiary/aromatic N) is 1. The number of rotatable bonds is 5. The fraction of sp³-hybridized carbons (Fsp3) is 0.278. The monoisotopic (exact) mass is 357 g/mol. The molecule has 0 spiro atoms. The number of nitro groups is 1. The van der Waals surface area contributed by atoms with Gasteiger partial charge in [0.2, 0.25) is 0 Å². The molecule has 0 saturated carbocycles. The van der Waals surface area contributed by atoms with Gasteiger partial charge in [0.25, 0.3) is 5.69 Å². The van der Waals surface area contributed by atoms with Gasteiger partial charge in [-0.25, -0.2) is 0 Å². The first kappa shape index (κ1) is 17.3. The highest BCUT2D eigenvalue weighted by Crippen LogP contribution is 2.15. The predicted octanol–water partition coefficient (Wildman–Crippen LogP) is 1.74. The quantitative estimate of drug-likeness (QED) is 0.432. The molecule has 0 aromatic heterocycles. The average Bonchev–Trinajstić information content (AvgIpc) is 3.03. The third kappa shape index (κ3) is 4.98. The predicted molar refractivity (Wildman–Crippen MR) is 102 cm³/mol. The van der Waals surface area contributed by atoms with Crippen molar-refractivity contribution in [1.82, 2.24) is 5.32 Å². The van der Waals surface area contributed by atoms with E-state index in [1.54, 1.807) is 17.0 Å². The fourth-order valence-electron chi connectivity index (χ4n) is 3.12. The molecular weight excluding hydrogens is 336 g/mol. The molecular formula is C18H21N4O2S+. The summed E-state index contributed by atoms with van der Waals surface area (Å²) in [5.41, 5.74) is 2.17. The SMILES string of the molecule is O=[N+]([O-])c1ccc(NC(=S)N[C@@H]2CC[NH+](Cc3ccccc3)C2)cc1. The van der Waals surface area contributed by atoms with Crippen molar-refractivity contribution in [3.8, 4) is 0 Å². The lowest BCUT2D eigenvalue weighted by molar-refractivity contribution is -0.901. The van der Waals surface area contributed by atoms with Crippen molar-refractivity contribution in [3.05, 3.63) is 70.3 Å².